The first-order valence-corrected chi connectivity index (χ1v) is 15.7. The number of aliphatic hydroxyl groups is 1. The fourth-order valence-corrected chi connectivity index (χ4v) is 6.46. The van der Waals surface area contributed by atoms with E-state index in [1.165, 1.54) is 5.56 Å². The Morgan fingerprint density at radius 2 is 1.73 bits per heavy atom. The van der Waals surface area contributed by atoms with Crippen LogP contribution in [-0.2, 0) is 30.2 Å². The molecular weight excluding hydrogens is 508 g/mol. The van der Waals surface area contributed by atoms with Gasteiger partial charge in [-0.1, -0.05) is 42.5 Å². The summed E-state index contributed by atoms with van der Waals surface area (Å²) < 4.78 is 24.9. The molecule has 2 aliphatic heterocycles. The molecule has 1 aliphatic carbocycles. The molecule has 1 aromatic carbocycles. The third-order valence-electron chi connectivity index (χ3n) is 8.70. The Labute approximate surface area is 240 Å². The highest BCUT2D eigenvalue weighted by molar-refractivity contribution is 5.66. The van der Waals surface area contributed by atoms with Crippen molar-refractivity contribution in [2.75, 3.05) is 13.2 Å². The van der Waals surface area contributed by atoms with Crippen LogP contribution >= 0.6 is 0 Å². The lowest BCUT2D eigenvalue weighted by molar-refractivity contribution is -0.200. The lowest BCUT2D eigenvalue weighted by Gasteiger charge is -2.32. The second-order valence-electron chi connectivity index (χ2n) is 11.8. The molecule has 224 valence electrons. The van der Waals surface area contributed by atoms with E-state index in [-0.39, 0.29) is 43.0 Å². The Kier molecular flexibility index (Phi) is 13.4. The minimum absolute atomic E-state index is 0.0378. The van der Waals surface area contributed by atoms with E-state index in [9.17, 15) is 9.90 Å². The number of allylic oxidation sites excluding steroid dienone is 2. The van der Waals surface area contributed by atoms with Gasteiger partial charge in [-0.25, -0.2) is 0 Å². The zero-order valence-corrected chi connectivity index (χ0v) is 24.0. The van der Waals surface area contributed by atoms with Gasteiger partial charge in [-0.3, -0.25) is 4.79 Å². The van der Waals surface area contributed by atoms with Gasteiger partial charge in [-0.15, -0.1) is 0 Å². The normalized spacial score (nSPS) is 30.0. The number of hydrogen-bond acceptors (Lipinski definition) is 6. The Morgan fingerprint density at radius 3 is 2.42 bits per heavy atom. The van der Waals surface area contributed by atoms with Gasteiger partial charge in [0.15, 0.2) is 12.6 Å². The monoisotopic (exact) mass is 558 g/mol. The van der Waals surface area contributed by atoms with Crippen molar-refractivity contribution in [3.05, 3.63) is 48.0 Å². The van der Waals surface area contributed by atoms with Crippen molar-refractivity contribution in [2.45, 2.75) is 127 Å². The second-order valence-corrected chi connectivity index (χ2v) is 11.8. The van der Waals surface area contributed by atoms with Gasteiger partial charge in [0.05, 0.1) is 18.3 Å². The van der Waals surface area contributed by atoms with Crippen molar-refractivity contribution >= 4 is 5.97 Å². The minimum atomic E-state index is -0.757. The lowest BCUT2D eigenvalue weighted by Crippen LogP contribution is -2.33. The van der Waals surface area contributed by atoms with E-state index >= 15 is 0 Å². The Morgan fingerprint density at radius 1 is 0.975 bits per heavy atom. The van der Waals surface area contributed by atoms with E-state index in [2.05, 4.69) is 42.5 Å². The molecule has 1 saturated carbocycles. The predicted octanol–water partition coefficient (Wildman–Crippen LogP) is 6.42. The summed E-state index contributed by atoms with van der Waals surface area (Å²) in [6.07, 6.45) is 16.5. The van der Waals surface area contributed by atoms with Crippen LogP contribution in [0.15, 0.2) is 42.5 Å². The molecule has 7 nitrogen and oxygen atoms in total. The number of benzene rings is 1. The molecule has 0 radical (unpaired) electrons. The van der Waals surface area contributed by atoms with Crippen molar-refractivity contribution in [3.63, 3.8) is 0 Å². The lowest BCUT2D eigenvalue weighted by atomic mass is 9.85. The second kappa shape index (κ2) is 17.2. The quantitative estimate of drug-likeness (QED) is 0.179. The number of carboxylic acids is 1. The third kappa shape index (κ3) is 10.6. The summed E-state index contributed by atoms with van der Waals surface area (Å²) in [5, 5.41) is 20.0. The van der Waals surface area contributed by atoms with Crippen molar-refractivity contribution in [1.29, 1.82) is 0 Å². The van der Waals surface area contributed by atoms with Crippen LogP contribution in [0.25, 0.3) is 0 Å². The first-order valence-electron chi connectivity index (χ1n) is 15.7. The van der Waals surface area contributed by atoms with Gasteiger partial charge in [0.2, 0.25) is 0 Å². The smallest absolute Gasteiger partial charge is 0.303 e. The van der Waals surface area contributed by atoms with E-state index in [0.717, 1.165) is 90.3 Å². The van der Waals surface area contributed by atoms with E-state index in [1.54, 1.807) is 0 Å². The Hall–Kier alpha value is -1.77. The maximum absolute atomic E-state index is 11.1. The van der Waals surface area contributed by atoms with Gasteiger partial charge < -0.3 is 29.2 Å². The highest BCUT2D eigenvalue weighted by atomic mass is 16.7. The number of carbonyl (C=O) groups is 1. The van der Waals surface area contributed by atoms with Crippen molar-refractivity contribution < 1.29 is 34.0 Å². The van der Waals surface area contributed by atoms with Crippen molar-refractivity contribution in [1.82, 2.24) is 0 Å². The molecule has 0 spiro atoms. The number of aryl methyl sites for hydroxylation is 1. The summed E-state index contributed by atoms with van der Waals surface area (Å²) in [7, 11) is 0. The van der Waals surface area contributed by atoms with Crippen LogP contribution in [0.2, 0.25) is 0 Å². The molecule has 1 aromatic rings. The number of aliphatic carboxylic acids is 1. The number of aliphatic hydroxyl groups excluding tert-OH is 1. The topological polar surface area (TPSA) is 94.5 Å². The van der Waals surface area contributed by atoms with Gasteiger partial charge in [-0.2, -0.15) is 0 Å². The molecule has 4 rings (SSSR count). The summed E-state index contributed by atoms with van der Waals surface area (Å²) in [6.45, 7) is 1.51. The molecule has 2 N–H and O–H groups in total. The largest absolute Gasteiger partial charge is 0.481 e. The molecule has 7 atom stereocenters. The summed E-state index contributed by atoms with van der Waals surface area (Å²) in [6, 6.07) is 10.6. The number of carboxylic acid groups (broad SMARTS) is 1. The average Bonchev–Trinajstić information content (AvgIpc) is 3.26. The zero-order valence-electron chi connectivity index (χ0n) is 24.0. The van der Waals surface area contributed by atoms with E-state index in [4.69, 9.17) is 24.1 Å². The number of rotatable bonds is 16. The van der Waals surface area contributed by atoms with Crippen LogP contribution in [0.3, 0.4) is 0 Å². The average molecular weight is 559 g/mol. The van der Waals surface area contributed by atoms with Crippen molar-refractivity contribution in [2.24, 2.45) is 11.8 Å². The molecule has 2 heterocycles. The molecule has 2 unspecified atom stereocenters. The van der Waals surface area contributed by atoms with Crippen LogP contribution in [0, 0.1) is 11.8 Å². The molecule has 7 heteroatoms. The van der Waals surface area contributed by atoms with Crippen LogP contribution < -0.4 is 0 Å². The van der Waals surface area contributed by atoms with Gasteiger partial charge in [0, 0.05) is 26.1 Å². The minimum Gasteiger partial charge on any atom is -0.481 e. The molecule has 0 bridgehead atoms. The van der Waals surface area contributed by atoms with Crippen LogP contribution in [-0.4, -0.2) is 60.3 Å². The van der Waals surface area contributed by atoms with Gasteiger partial charge >= 0.3 is 5.97 Å². The zero-order chi connectivity index (χ0) is 28.0. The maximum atomic E-state index is 11.1. The molecule has 3 fully saturated rings. The van der Waals surface area contributed by atoms with E-state index in [0.29, 0.717) is 12.8 Å². The molecular formula is C33H50O7. The van der Waals surface area contributed by atoms with Gasteiger partial charge in [-0.05, 0) is 101 Å². The van der Waals surface area contributed by atoms with Crippen molar-refractivity contribution in [3.8, 4) is 0 Å². The maximum Gasteiger partial charge on any atom is 0.303 e. The van der Waals surface area contributed by atoms with Crippen LogP contribution in [0.4, 0.5) is 0 Å². The standard InChI is InChI=1S/C33H50O7/c34-29-24-30(40-33-17-9-11-23-38-33)28(27(29)14-6-1-2-7-15-31(35)36)21-20-26(39-32-16-8-10-22-37-32)19-18-25-12-4-3-5-13-25/h1,3-6,12-13,26-30,32-34H,2,7-11,14-24H2,(H,35,36)/b6-1-/t26-,27+,28+,29+,30+,32?,33?/m0/s1. The highest BCUT2D eigenvalue weighted by Crippen LogP contribution is 2.41. The molecule has 0 amide bonds. The van der Waals surface area contributed by atoms with Crippen LogP contribution in [0.1, 0.15) is 95.5 Å². The van der Waals surface area contributed by atoms with Crippen LogP contribution in [0.5, 0.6) is 0 Å². The number of ether oxygens (including phenoxy) is 4. The first-order chi connectivity index (χ1) is 19.6. The first kappa shape index (κ1) is 31.2. The van der Waals surface area contributed by atoms with Gasteiger partial charge in [0.25, 0.3) is 0 Å². The number of unbranched alkanes of at least 4 members (excludes halogenated alkanes) is 1. The Bertz CT molecular complexity index is 863. The highest BCUT2D eigenvalue weighted by Gasteiger charge is 2.43. The SMILES string of the molecule is O=C(O)CCC/C=C\C[C@@H]1[C@@H](CC[C@H](CCc2ccccc2)OC2CCCCO2)[C@H](OC2CCCCO2)C[C@H]1O. The Balaban J connectivity index is 1.39. The molecule has 3 aliphatic rings. The third-order valence-corrected chi connectivity index (χ3v) is 8.70. The van der Waals surface area contributed by atoms with Gasteiger partial charge in [0.1, 0.15) is 0 Å². The number of hydrogen-bond donors (Lipinski definition) is 2. The molecule has 2 saturated heterocycles. The summed E-state index contributed by atoms with van der Waals surface area (Å²) >= 11 is 0. The summed E-state index contributed by atoms with van der Waals surface area (Å²) in [5.41, 5.74) is 1.32. The van der Waals surface area contributed by atoms with E-state index in [1.807, 2.05) is 0 Å². The molecule has 0 aromatic heterocycles. The summed E-state index contributed by atoms with van der Waals surface area (Å²) in [4.78, 5) is 10.8. The molecule has 40 heavy (non-hydrogen) atoms. The summed E-state index contributed by atoms with van der Waals surface area (Å²) in [5.74, 6) is -0.448. The fourth-order valence-electron chi connectivity index (χ4n) is 6.46. The van der Waals surface area contributed by atoms with E-state index < -0.39 is 12.1 Å². The fraction of sp³-hybridized carbons (Fsp3) is 0.727. The predicted molar refractivity (Wildman–Crippen MR) is 154 cm³/mol.